The third-order valence-corrected chi connectivity index (χ3v) is 4.83. The molecule has 0 fully saturated rings. The number of nitrogens with zero attached hydrogens (tertiary/aromatic N) is 4. The molecule has 25 heavy (non-hydrogen) atoms. The first-order valence-corrected chi connectivity index (χ1v) is 8.97. The summed E-state index contributed by atoms with van der Waals surface area (Å²) < 4.78 is 5.88. The Morgan fingerprint density at radius 2 is 2.12 bits per heavy atom. The van der Waals surface area contributed by atoms with Crippen LogP contribution in [0, 0.1) is 0 Å². The van der Waals surface area contributed by atoms with Crippen molar-refractivity contribution in [1.29, 1.82) is 0 Å². The molecule has 0 aromatic carbocycles. The maximum atomic E-state index is 12.6. The number of hydrogen-bond acceptors (Lipinski definition) is 6. The lowest BCUT2D eigenvalue weighted by molar-refractivity contribution is 0.0763. The molecule has 4 heterocycles. The van der Waals surface area contributed by atoms with E-state index in [9.17, 15) is 4.79 Å². The van der Waals surface area contributed by atoms with Crippen molar-refractivity contribution in [3.63, 3.8) is 0 Å². The summed E-state index contributed by atoms with van der Waals surface area (Å²) in [4.78, 5) is 27.2. The van der Waals surface area contributed by atoms with Gasteiger partial charge in [-0.2, -0.15) is 11.3 Å². The van der Waals surface area contributed by atoms with Crippen LogP contribution < -0.4 is 4.74 Å². The quantitative estimate of drug-likeness (QED) is 0.725. The highest BCUT2D eigenvalue weighted by Gasteiger charge is 2.23. The van der Waals surface area contributed by atoms with Gasteiger partial charge in [0.25, 0.3) is 5.91 Å². The number of amides is 1. The smallest absolute Gasteiger partial charge is 0.254 e. The Balaban J connectivity index is 1.55. The van der Waals surface area contributed by atoms with Crippen molar-refractivity contribution in [3.05, 3.63) is 64.5 Å². The van der Waals surface area contributed by atoms with Gasteiger partial charge in [0.15, 0.2) is 0 Å². The highest BCUT2D eigenvalue weighted by atomic mass is 32.1. The highest BCUT2D eigenvalue weighted by molar-refractivity contribution is 7.08. The van der Waals surface area contributed by atoms with Crippen LogP contribution in [0.3, 0.4) is 0 Å². The molecule has 1 amide bonds. The van der Waals surface area contributed by atoms with Crippen LogP contribution in [0.25, 0.3) is 0 Å². The highest BCUT2D eigenvalue weighted by Crippen LogP contribution is 2.27. The number of thiophene rings is 1. The van der Waals surface area contributed by atoms with Gasteiger partial charge in [-0.15, -0.1) is 0 Å². The first-order chi connectivity index (χ1) is 12.3. The van der Waals surface area contributed by atoms with E-state index in [2.05, 4.69) is 15.0 Å². The van der Waals surface area contributed by atoms with E-state index in [0.29, 0.717) is 37.6 Å². The third-order valence-electron chi connectivity index (χ3n) is 4.15. The minimum absolute atomic E-state index is 0.0664. The first-order valence-electron chi connectivity index (χ1n) is 8.03. The van der Waals surface area contributed by atoms with Gasteiger partial charge in [-0.25, -0.2) is 9.97 Å². The summed E-state index contributed by atoms with van der Waals surface area (Å²) in [6.07, 6.45) is 6.22. The Morgan fingerprint density at radius 3 is 2.92 bits per heavy atom. The molecule has 3 aromatic heterocycles. The molecule has 0 unspecified atom stereocenters. The number of carbonyl (C=O) groups is 1. The van der Waals surface area contributed by atoms with E-state index in [1.165, 1.54) is 17.7 Å². The Morgan fingerprint density at radius 1 is 1.20 bits per heavy atom. The van der Waals surface area contributed by atoms with Crippen LogP contribution in [0.4, 0.5) is 0 Å². The summed E-state index contributed by atoms with van der Waals surface area (Å²) in [6, 6.07) is 5.52. The van der Waals surface area contributed by atoms with Crippen LogP contribution in [0.15, 0.2) is 47.7 Å². The number of rotatable bonds is 3. The van der Waals surface area contributed by atoms with Gasteiger partial charge in [0.05, 0.1) is 17.5 Å². The van der Waals surface area contributed by atoms with Crippen LogP contribution in [0.1, 0.15) is 21.6 Å². The number of carbonyl (C=O) groups excluding carboxylic acids is 1. The maximum Gasteiger partial charge on any atom is 0.254 e. The molecule has 0 N–H and O–H groups in total. The topological polar surface area (TPSA) is 68.2 Å². The van der Waals surface area contributed by atoms with Crippen LogP contribution in [0.2, 0.25) is 0 Å². The van der Waals surface area contributed by atoms with Gasteiger partial charge in [-0.1, -0.05) is 0 Å². The van der Waals surface area contributed by atoms with Crippen molar-refractivity contribution in [2.45, 2.75) is 12.8 Å². The molecule has 0 radical (unpaired) electrons. The van der Waals surface area contributed by atoms with Crippen LogP contribution in [0.5, 0.6) is 11.6 Å². The van der Waals surface area contributed by atoms with E-state index < -0.39 is 0 Å². The van der Waals surface area contributed by atoms with Crippen molar-refractivity contribution in [2.75, 3.05) is 13.1 Å². The second-order valence-electron chi connectivity index (χ2n) is 5.70. The molecule has 3 aromatic rings. The molecule has 1 aliphatic heterocycles. The minimum atomic E-state index is 0.0664. The lowest BCUT2D eigenvalue weighted by atomic mass is 10.1. The summed E-state index contributed by atoms with van der Waals surface area (Å²) in [6.45, 7) is 1.27. The van der Waals surface area contributed by atoms with Gasteiger partial charge >= 0.3 is 0 Å². The monoisotopic (exact) mass is 352 g/mol. The minimum Gasteiger partial charge on any atom is -0.437 e. The number of ether oxygens (including phenoxy) is 1. The molecule has 0 aliphatic carbocycles. The second kappa shape index (κ2) is 6.98. The van der Waals surface area contributed by atoms with Gasteiger partial charge in [-0.05, 0) is 30.0 Å². The molecule has 6 nitrogen and oxygen atoms in total. The normalized spacial score (nSPS) is 13.8. The van der Waals surface area contributed by atoms with E-state index in [0.717, 1.165) is 16.8 Å². The fourth-order valence-electron chi connectivity index (χ4n) is 2.88. The molecule has 7 heteroatoms. The Kier molecular flexibility index (Phi) is 4.39. The van der Waals surface area contributed by atoms with Crippen LogP contribution in [-0.2, 0) is 12.8 Å². The average molecular weight is 352 g/mol. The summed E-state index contributed by atoms with van der Waals surface area (Å²) in [5, 5.41) is 3.81. The fraction of sp³-hybridized carbons (Fsp3) is 0.222. The Labute approximate surface area is 149 Å². The molecular weight excluding hydrogens is 336 g/mol. The lowest BCUT2D eigenvalue weighted by Crippen LogP contribution is -2.33. The number of pyridine rings is 1. The molecule has 0 saturated carbocycles. The van der Waals surface area contributed by atoms with Crippen LogP contribution >= 0.6 is 11.3 Å². The summed E-state index contributed by atoms with van der Waals surface area (Å²) in [7, 11) is 0. The number of hydrogen-bond donors (Lipinski definition) is 0. The van der Waals surface area contributed by atoms with E-state index in [4.69, 9.17) is 4.74 Å². The summed E-state index contributed by atoms with van der Waals surface area (Å²) in [5.41, 5.74) is 2.65. The summed E-state index contributed by atoms with van der Waals surface area (Å²) >= 11 is 1.53. The molecule has 0 atom stereocenters. The maximum absolute atomic E-state index is 12.6. The number of fused-ring (bicyclic) bond motifs is 1. The summed E-state index contributed by atoms with van der Waals surface area (Å²) in [5.74, 6) is 1.25. The van der Waals surface area contributed by atoms with Crippen LogP contribution in [-0.4, -0.2) is 38.8 Å². The fourth-order valence-corrected chi connectivity index (χ4v) is 3.50. The van der Waals surface area contributed by atoms with Gasteiger partial charge in [0, 0.05) is 36.7 Å². The number of aromatic nitrogens is 3. The first kappa shape index (κ1) is 15.7. The van der Waals surface area contributed by atoms with E-state index >= 15 is 0 Å². The Bertz CT molecular complexity index is 868. The standard InChI is InChI=1S/C18H16N4O2S/c23-18(13-5-9-25-11-13)22-7-3-15-16(4-8-22)20-12-21-17(15)24-14-2-1-6-19-10-14/h1-2,5-6,9-12H,3-4,7-8H2. The SMILES string of the molecule is O=C(c1ccsc1)N1CCc2ncnc(Oc3cccnc3)c2CC1. The van der Waals surface area contributed by atoms with Crippen molar-refractivity contribution in [1.82, 2.24) is 19.9 Å². The van der Waals surface area contributed by atoms with E-state index in [1.807, 2.05) is 33.9 Å². The van der Waals surface area contributed by atoms with Crippen molar-refractivity contribution in [2.24, 2.45) is 0 Å². The second-order valence-corrected chi connectivity index (χ2v) is 6.48. The van der Waals surface area contributed by atoms with Crippen molar-refractivity contribution < 1.29 is 9.53 Å². The van der Waals surface area contributed by atoms with E-state index in [1.54, 1.807) is 12.4 Å². The largest absolute Gasteiger partial charge is 0.437 e. The molecular formula is C18H16N4O2S. The zero-order chi connectivity index (χ0) is 17.1. The van der Waals surface area contributed by atoms with Crippen molar-refractivity contribution >= 4 is 17.2 Å². The van der Waals surface area contributed by atoms with E-state index in [-0.39, 0.29) is 5.91 Å². The van der Waals surface area contributed by atoms with Gasteiger partial charge in [0.1, 0.15) is 12.1 Å². The molecule has 4 rings (SSSR count). The molecule has 0 spiro atoms. The van der Waals surface area contributed by atoms with Gasteiger partial charge in [0.2, 0.25) is 5.88 Å². The zero-order valence-corrected chi connectivity index (χ0v) is 14.3. The lowest BCUT2D eigenvalue weighted by Gasteiger charge is -2.19. The van der Waals surface area contributed by atoms with Gasteiger partial charge < -0.3 is 9.64 Å². The molecule has 0 bridgehead atoms. The predicted molar refractivity (Wildman–Crippen MR) is 94.0 cm³/mol. The Hall–Kier alpha value is -2.80. The van der Waals surface area contributed by atoms with Gasteiger partial charge in [-0.3, -0.25) is 9.78 Å². The average Bonchev–Trinajstić information content (AvgIpc) is 3.09. The zero-order valence-electron chi connectivity index (χ0n) is 13.5. The third kappa shape index (κ3) is 3.36. The predicted octanol–water partition coefficient (Wildman–Crippen LogP) is 2.97. The molecule has 0 saturated heterocycles. The molecule has 126 valence electrons. The molecule has 1 aliphatic rings. The van der Waals surface area contributed by atoms with Crippen molar-refractivity contribution in [3.8, 4) is 11.6 Å².